The van der Waals surface area contributed by atoms with Gasteiger partial charge in [-0.25, -0.2) is 14.3 Å². The van der Waals surface area contributed by atoms with Crippen LogP contribution in [0.15, 0.2) is 17.2 Å². The zero-order valence-corrected chi connectivity index (χ0v) is 11.6. The first-order valence-electron chi connectivity index (χ1n) is 6.54. The van der Waals surface area contributed by atoms with Crippen molar-refractivity contribution >= 4 is 0 Å². The minimum Gasteiger partial charge on any atom is -0.268 e. The van der Waals surface area contributed by atoms with Crippen molar-refractivity contribution in [2.24, 2.45) is 0 Å². The van der Waals surface area contributed by atoms with E-state index in [0.717, 1.165) is 36.5 Å². The Morgan fingerprint density at radius 2 is 2.05 bits per heavy atom. The summed E-state index contributed by atoms with van der Waals surface area (Å²) in [6.07, 6.45) is 3.67. The number of hydrogen-bond acceptors (Lipinski definition) is 4. The molecule has 2 aromatic heterocycles. The Kier molecular flexibility index (Phi) is 4.09. The minimum atomic E-state index is -0.104. The van der Waals surface area contributed by atoms with Gasteiger partial charge in [0.1, 0.15) is 18.7 Å². The first kappa shape index (κ1) is 13.5. The maximum absolute atomic E-state index is 11.9. The number of rotatable bonds is 5. The van der Waals surface area contributed by atoms with E-state index in [4.69, 9.17) is 0 Å². The van der Waals surface area contributed by atoms with Crippen LogP contribution in [-0.2, 0) is 13.1 Å². The number of nitrogens with zero attached hydrogens (tertiary/aromatic N) is 5. The maximum atomic E-state index is 11.9. The summed E-state index contributed by atoms with van der Waals surface area (Å²) in [6, 6.07) is 1.61. The lowest BCUT2D eigenvalue weighted by atomic mass is 10.2. The summed E-state index contributed by atoms with van der Waals surface area (Å²) in [7, 11) is 0. The second-order valence-corrected chi connectivity index (χ2v) is 4.66. The molecule has 2 heterocycles. The molecule has 0 saturated heterocycles. The van der Waals surface area contributed by atoms with Crippen molar-refractivity contribution in [1.82, 2.24) is 24.5 Å². The van der Waals surface area contributed by atoms with Gasteiger partial charge in [-0.2, -0.15) is 10.2 Å². The van der Waals surface area contributed by atoms with Crippen molar-refractivity contribution < 1.29 is 0 Å². The Morgan fingerprint density at radius 1 is 1.26 bits per heavy atom. The maximum Gasteiger partial charge on any atom is 0.267 e. The van der Waals surface area contributed by atoms with Gasteiger partial charge >= 0.3 is 0 Å². The molecule has 102 valence electrons. The average Bonchev–Trinajstić information content (AvgIpc) is 2.81. The monoisotopic (exact) mass is 261 g/mol. The molecule has 0 radical (unpaired) electrons. The molecular formula is C13H19N5O. The average molecular weight is 261 g/mol. The predicted octanol–water partition coefficient (Wildman–Crippen LogP) is 1.30. The van der Waals surface area contributed by atoms with Gasteiger partial charge in [-0.1, -0.05) is 13.3 Å². The van der Waals surface area contributed by atoms with E-state index in [1.165, 1.54) is 11.0 Å². The zero-order valence-electron chi connectivity index (χ0n) is 11.6. The molecule has 2 rings (SSSR count). The number of aromatic nitrogens is 5. The fraction of sp³-hybridized carbons (Fsp3) is 0.538. The fourth-order valence-electron chi connectivity index (χ4n) is 1.83. The molecule has 6 nitrogen and oxygen atoms in total. The Bertz CT molecular complexity index is 614. The molecule has 6 heteroatoms. The fourth-order valence-corrected chi connectivity index (χ4v) is 1.83. The van der Waals surface area contributed by atoms with E-state index < -0.39 is 0 Å². The van der Waals surface area contributed by atoms with E-state index in [0.29, 0.717) is 6.54 Å². The van der Waals surface area contributed by atoms with Crippen molar-refractivity contribution in [3.63, 3.8) is 0 Å². The molecule has 0 aliphatic rings. The van der Waals surface area contributed by atoms with Gasteiger partial charge in [0.25, 0.3) is 5.56 Å². The number of unbranched alkanes of at least 4 members (excludes halogenated alkanes) is 1. The third-order valence-corrected chi connectivity index (χ3v) is 3.15. The second-order valence-electron chi connectivity index (χ2n) is 4.66. The molecular weight excluding hydrogens is 242 g/mol. The normalized spacial score (nSPS) is 10.9. The third kappa shape index (κ3) is 3.07. The van der Waals surface area contributed by atoms with Crippen molar-refractivity contribution in [1.29, 1.82) is 0 Å². The summed E-state index contributed by atoms with van der Waals surface area (Å²) in [6.45, 7) is 7.10. The highest BCUT2D eigenvalue weighted by molar-refractivity contribution is 5.13. The molecule has 0 atom stereocenters. The van der Waals surface area contributed by atoms with Crippen LogP contribution >= 0.6 is 0 Å². The lowest BCUT2D eigenvalue weighted by Gasteiger charge is -2.08. The lowest BCUT2D eigenvalue weighted by Crippen LogP contribution is -2.26. The summed E-state index contributed by atoms with van der Waals surface area (Å²) in [5.74, 6) is 0.770. The molecule has 0 unspecified atom stereocenters. The highest BCUT2D eigenvalue weighted by atomic mass is 16.1. The molecule has 0 saturated carbocycles. The quantitative estimate of drug-likeness (QED) is 0.813. The molecule has 0 spiro atoms. The van der Waals surface area contributed by atoms with Crippen LogP contribution in [-0.4, -0.2) is 24.5 Å². The van der Waals surface area contributed by atoms with Crippen LogP contribution in [0.3, 0.4) is 0 Å². The van der Waals surface area contributed by atoms with Crippen LogP contribution in [0.25, 0.3) is 0 Å². The van der Waals surface area contributed by atoms with E-state index >= 15 is 0 Å². The zero-order chi connectivity index (χ0) is 13.8. The van der Waals surface area contributed by atoms with Gasteiger partial charge in [0.2, 0.25) is 0 Å². The highest BCUT2D eigenvalue weighted by Gasteiger charge is 2.08. The van der Waals surface area contributed by atoms with Crippen LogP contribution in [0, 0.1) is 13.8 Å². The SMILES string of the molecule is CCCCn1ncnc1Cn1nc(C)c(C)cc1=O. The van der Waals surface area contributed by atoms with Crippen molar-refractivity contribution in [2.45, 2.75) is 46.7 Å². The first-order chi connectivity index (χ1) is 9.11. The molecule has 0 fully saturated rings. The van der Waals surface area contributed by atoms with E-state index in [1.54, 1.807) is 6.07 Å². The van der Waals surface area contributed by atoms with Crippen LogP contribution in [0.2, 0.25) is 0 Å². The molecule has 0 bridgehead atoms. The van der Waals surface area contributed by atoms with Crippen molar-refractivity contribution in [2.75, 3.05) is 0 Å². The molecule has 0 aliphatic heterocycles. The minimum absolute atomic E-state index is 0.104. The Hall–Kier alpha value is -1.98. The van der Waals surface area contributed by atoms with Crippen molar-refractivity contribution in [3.05, 3.63) is 39.8 Å². The summed E-state index contributed by atoms with van der Waals surface area (Å²) in [5, 5.41) is 8.47. The van der Waals surface area contributed by atoms with E-state index in [9.17, 15) is 4.79 Å². The molecule has 0 N–H and O–H groups in total. The highest BCUT2D eigenvalue weighted by Crippen LogP contribution is 2.02. The predicted molar refractivity (Wildman–Crippen MR) is 72.0 cm³/mol. The second kappa shape index (κ2) is 5.77. The van der Waals surface area contributed by atoms with Gasteiger partial charge < -0.3 is 0 Å². The summed E-state index contributed by atoms with van der Waals surface area (Å²) < 4.78 is 3.28. The van der Waals surface area contributed by atoms with Gasteiger partial charge in [0.15, 0.2) is 0 Å². The molecule has 2 aromatic rings. The Labute approximate surface area is 112 Å². The van der Waals surface area contributed by atoms with Crippen LogP contribution in [0.5, 0.6) is 0 Å². The van der Waals surface area contributed by atoms with Crippen molar-refractivity contribution in [3.8, 4) is 0 Å². The summed E-state index contributed by atoms with van der Waals surface area (Å²) in [4.78, 5) is 16.1. The Balaban J connectivity index is 2.24. The van der Waals surface area contributed by atoms with Crippen LogP contribution in [0.4, 0.5) is 0 Å². The molecule has 0 aliphatic carbocycles. The van der Waals surface area contributed by atoms with Crippen LogP contribution in [0.1, 0.15) is 36.8 Å². The van der Waals surface area contributed by atoms with E-state index in [2.05, 4.69) is 22.1 Å². The molecule has 0 aromatic carbocycles. The largest absolute Gasteiger partial charge is 0.268 e. The summed E-state index contributed by atoms with van der Waals surface area (Å²) >= 11 is 0. The smallest absolute Gasteiger partial charge is 0.267 e. The first-order valence-corrected chi connectivity index (χ1v) is 6.54. The van der Waals surface area contributed by atoms with Gasteiger partial charge in [0.05, 0.1) is 5.69 Å². The summed E-state index contributed by atoms with van der Waals surface area (Å²) in [5.41, 5.74) is 1.67. The van der Waals surface area contributed by atoms with Crippen LogP contribution < -0.4 is 5.56 Å². The van der Waals surface area contributed by atoms with Gasteiger partial charge in [-0.3, -0.25) is 4.79 Å². The van der Waals surface area contributed by atoms with Gasteiger partial charge in [-0.15, -0.1) is 0 Å². The number of hydrogen-bond donors (Lipinski definition) is 0. The lowest BCUT2D eigenvalue weighted by molar-refractivity contribution is 0.511. The number of aryl methyl sites for hydroxylation is 3. The Morgan fingerprint density at radius 3 is 2.79 bits per heavy atom. The standard InChI is InChI=1S/C13H19N5O/c1-4-5-6-17-12(14-9-15-17)8-18-13(19)7-10(2)11(3)16-18/h7,9H,4-6,8H2,1-3H3. The topological polar surface area (TPSA) is 65.6 Å². The third-order valence-electron chi connectivity index (χ3n) is 3.15. The van der Waals surface area contributed by atoms with Gasteiger partial charge in [-0.05, 0) is 25.8 Å². The molecule has 0 amide bonds. The van der Waals surface area contributed by atoms with E-state index in [1.807, 2.05) is 18.5 Å². The molecule has 19 heavy (non-hydrogen) atoms. The van der Waals surface area contributed by atoms with E-state index in [-0.39, 0.29) is 5.56 Å². The van der Waals surface area contributed by atoms with Gasteiger partial charge in [0, 0.05) is 12.6 Å².